The van der Waals surface area contributed by atoms with Crippen molar-refractivity contribution in [3.05, 3.63) is 38.4 Å². The molecule has 1 saturated heterocycles. The van der Waals surface area contributed by atoms with E-state index in [4.69, 9.17) is 4.74 Å². The van der Waals surface area contributed by atoms with Gasteiger partial charge in [-0.25, -0.2) is 0 Å². The fourth-order valence-electron chi connectivity index (χ4n) is 8.20. The Labute approximate surface area is 199 Å². The monoisotopic (exact) mass is 471 g/mol. The molecule has 184 valence electrons. The molecule has 1 aliphatic heterocycles. The molecule has 4 fully saturated rings. The van der Waals surface area contributed by atoms with Crippen LogP contribution in [0.4, 0.5) is 11.4 Å². The zero-order valence-corrected chi connectivity index (χ0v) is 20.1. The normalized spacial score (nSPS) is 39.1. The summed E-state index contributed by atoms with van der Waals surface area (Å²) < 4.78 is 6.48. The number of amides is 1. The number of fused-ring (bicyclic) bond motifs is 5. The van der Waals surface area contributed by atoms with Crippen LogP contribution < -0.4 is 4.74 Å². The molecule has 7 atom stereocenters. The molecule has 0 radical (unpaired) electrons. The maximum absolute atomic E-state index is 12.6. The molecule has 0 bridgehead atoms. The lowest BCUT2D eigenvalue weighted by Crippen LogP contribution is -2.65. The molecule has 2 unspecified atom stereocenters. The van der Waals surface area contributed by atoms with Gasteiger partial charge in [-0.15, -0.1) is 0 Å². The van der Waals surface area contributed by atoms with Crippen molar-refractivity contribution in [2.45, 2.75) is 77.4 Å². The van der Waals surface area contributed by atoms with Crippen molar-refractivity contribution in [3.63, 3.8) is 0 Å². The first kappa shape index (κ1) is 23.1. The summed E-state index contributed by atoms with van der Waals surface area (Å²) in [6.45, 7) is 4.72. The number of carbonyl (C=O) groups is 1. The zero-order chi connectivity index (χ0) is 24.4. The van der Waals surface area contributed by atoms with Crippen molar-refractivity contribution in [3.8, 4) is 5.75 Å². The average molecular weight is 472 g/mol. The average Bonchev–Trinajstić information content (AvgIpc) is 3.19. The van der Waals surface area contributed by atoms with E-state index in [1.807, 2.05) is 11.9 Å². The third-order valence-electron chi connectivity index (χ3n) is 9.97. The number of carbonyl (C=O) groups excluding carboxylic acids is 1. The van der Waals surface area contributed by atoms with E-state index in [0.717, 1.165) is 25.3 Å². The van der Waals surface area contributed by atoms with E-state index in [0.29, 0.717) is 24.7 Å². The number of nitro benzene ring substituents is 2. The van der Waals surface area contributed by atoms with Crippen LogP contribution >= 0.6 is 0 Å². The number of piperidine rings is 1. The molecule has 3 aliphatic carbocycles. The van der Waals surface area contributed by atoms with Gasteiger partial charge in [0.15, 0.2) is 5.75 Å². The van der Waals surface area contributed by atoms with Gasteiger partial charge in [-0.2, -0.15) is 0 Å². The Morgan fingerprint density at radius 3 is 2.53 bits per heavy atom. The molecule has 1 amide bonds. The van der Waals surface area contributed by atoms with E-state index in [-0.39, 0.29) is 51.9 Å². The Hall–Kier alpha value is -2.71. The van der Waals surface area contributed by atoms with Gasteiger partial charge in [-0.05, 0) is 60.8 Å². The molecule has 1 aromatic rings. The molecular weight excluding hydrogens is 438 g/mol. The first-order valence-electron chi connectivity index (χ1n) is 12.4. The third kappa shape index (κ3) is 3.38. The van der Waals surface area contributed by atoms with Crippen molar-refractivity contribution >= 4 is 17.3 Å². The van der Waals surface area contributed by atoms with Gasteiger partial charge in [0.2, 0.25) is 5.91 Å². The van der Waals surface area contributed by atoms with Crippen molar-refractivity contribution in [2.75, 3.05) is 7.05 Å². The van der Waals surface area contributed by atoms with Crippen LogP contribution in [0.3, 0.4) is 0 Å². The smallest absolute Gasteiger partial charge is 0.317 e. The molecule has 0 aromatic heterocycles. The summed E-state index contributed by atoms with van der Waals surface area (Å²) in [4.78, 5) is 36.2. The Morgan fingerprint density at radius 1 is 1.06 bits per heavy atom. The minimum absolute atomic E-state index is 0.00147. The molecular formula is C25H33N3O6. The largest absolute Gasteiger partial charge is 0.483 e. The predicted octanol–water partition coefficient (Wildman–Crippen LogP) is 5.11. The molecule has 4 aliphatic rings. The van der Waals surface area contributed by atoms with Crippen LogP contribution in [0.1, 0.15) is 65.2 Å². The molecule has 9 nitrogen and oxygen atoms in total. The Bertz CT molecular complexity index is 1050. The van der Waals surface area contributed by atoms with Gasteiger partial charge in [-0.1, -0.05) is 20.3 Å². The lowest BCUT2D eigenvalue weighted by molar-refractivity contribution is -0.395. The summed E-state index contributed by atoms with van der Waals surface area (Å²) in [7, 11) is 1.87. The maximum Gasteiger partial charge on any atom is 0.317 e. The minimum Gasteiger partial charge on any atom is -0.483 e. The van der Waals surface area contributed by atoms with Crippen molar-refractivity contribution in [1.82, 2.24) is 4.90 Å². The van der Waals surface area contributed by atoms with Gasteiger partial charge >= 0.3 is 5.69 Å². The first-order chi connectivity index (χ1) is 16.0. The van der Waals surface area contributed by atoms with Gasteiger partial charge in [0.05, 0.1) is 15.9 Å². The number of non-ortho nitro benzene ring substituents is 1. The number of nitro groups is 2. The van der Waals surface area contributed by atoms with Crippen molar-refractivity contribution in [1.29, 1.82) is 0 Å². The SMILES string of the molecule is CN1C(=O)CC[C@@]2(C)C1CC(Oc1ccc([N+](=O)[O-])cc1[N+](=O)[O-])[C@@H]1[C@H]2CC[C@]2(C)CCC[C@@H]12. The maximum atomic E-state index is 12.6. The number of hydrogen-bond acceptors (Lipinski definition) is 6. The third-order valence-corrected chi connectivity index (χ3v) is 9.97. The van der Waals surface area contributed by atoms with E-state index in [1.54, 1.807) is 0 Å². The second-order valence-corrected chi connectivity index (χ2v) is 11.5. The summed E-state index contributed by atoms with van der Waals surface area (Å²) in [6, 6.07) is 3.63. The molecule has 0 spiro atoms. The number of benzene rings is 1. The van der Waals surface area contributed by atoms with Crippen molar-refractivity contribution in [2.24, 2.45) is 28.6 Å². The lowest BCUT2D eigenvalue weighted by atomic mass is 9.47. The number of hydrogen-bond donors (Lipinski definition) is 0. The number of nitrogens with zero attached hydrogens (tertiary/aromatic N) is 3. The lowest BCUT2D eigenvalue weighted by Gasteiger charge is -2.63. The minimum atomic E-state index is -0.632. The molecule has 34 heavy (non-hydrogen) atoms. The first-order valence-corrected chi connectivity index (χ1v) is 12.4. The fourth-order valence-corrected chi connectivity index (χ4v) is 8.20. The van der Waals surface area contributed by atoms with Gasteiger partial charge in [-0.3, -0.25) is 25.0 Å². The number of likely N-dealkylation sites (tertiary alicyclic amines) is 1. The summed E-state index contributed by atoms with van der Waals surface area (Å²) in [5, 5.41) is 23.0. The van der Waals surface area contributed by atoms with Crippen LogP contribution in [0.2, 0.25) is 0 Å². The molecule has 5 rings (SSSR count). The topological polar surface area (TPSA) is 116 Å². The highest BCUT2D eigenvalue weighted by atomic mass is 16.6. The van der Waals surface area contributed by atoms with Crippen LogP contribution in [0.25, 0.3) is 0 Å². The summed E-state index contributed by atoms with van der Waals surface area (Å²) in [5.41, 5.74) is -0.452. The summed E-state index contributed by atoms with van der Waals surface area (Å²) in [6.07, 6.45) is 7.55. The Balaban J connectivity index is 1.56. The van der Waals surface area contributed by atoms with E-state index in [2.05, 4.69) is 13.8 Å². The highest BCUT2D eigenvalue weighted by Gasteiger charge is 2.62. The van der Waals surface area contributed by atoms with Gasteiger partial charge < -0.3 is 9.64 Å². The number of ether oxygens (including phenoxy) is 1. The fraction of sp³-hybridized carbons (Fsp3) is 0.720. The van der Waals surface area contributed by atoms with Gasteiger partial charge in [0.25, 0.3) is 5.69 Å². The van der Waals surface area contributed by atoms with Crippen LogP contribution in [-0.2, 0) is 4.79 Å². The van der Waals surface area contributed by atoms with E-state index in [9.17, 15) is 25.0 Å². The number of rotatable bonds is 4. The molecule has 1 aromatic carbocycles. The van der Waals surface area contributed by atoms with Gasteiger partial charge in [0, 0.05) is 37.9 Å². The Morgan fingerprint density at radius 2 is 1.82 bits per heavy atom. The van der Waals surface area contributed by atoms with Crippen LogP contribution in [0.15, 0.2) is 18.2 Å². The zero-order valence-electron chi connectivity index (χ0n) is 20.1. The van der Waals surface area contributed by atoms with Crippen LogP contribution in [0, 0.1) is 48.8 Å². The van der Waals surface area contributed by atoms with Crippen LogP contribution in [-0.4, -0.2) is 39.8 Å². The molecule has 9 heteroatoms. The van der Waals surface area contributed by atoms with E-state index < -0.39 is 9.85 Å². The Kier molecular flexibility index (Phi) is 5.37. The quantitative estimate of drug-likeness (QED) is 0.445. The molecule has 3 saturated carbocycles. The second kappa shape index (κ2) is 7.92. The highest BCUT2D eigenvalue weighted by Crippen LogP contribution is 2.65. The van der Waals surface area contributed by atoms with Gasteiger partial charge in [0.1, 0.15) is 6.10 Å². The van der Waals surface area contributed by atoms with E-state index >= 15 is 0 Å². The standard InChI is InChI=1S/C25H33N3O6/c1-24-10-4-5-16(24)23-17(8-11-24)25(2)12-9-22(29)26(3)21(25)14-20(23)34-19-7-6-15(27(30)31)13-18(19)28(32)33/h6-7,13,16-17,20-21,23H,4-5,8-12,14H2,1-3H3/t16-,17+,20?,21?,23-,24-,25+/m0/s1. The highest BCUT2D eigenvalue weighted by molar-refractivity contribution is 5.77. The van der Waals surface area contributed by atoms with E-state index in [1.165, 1.54) is 31.4 Å². The van der Waals surface area contributed by atoms with Crippen molar-refractivity contribution < 1.29 is 19.4 Å². The summed E-state index contributed by atoms with van der Waals surface area (Å²) in [5.74, 6) is 1.33. The predicted molar refractivity (Wildman–Crippen MR) is 124 cm³/mol. The summed E-state index contributed by atoms with van der Waals surface area (Å²) >= 11 is 0. The van der Waals surface area contributed by atoms with Crippen LogP contribution in [0.5, 0.6) is 5.75 Å². The second-order valence-electron chi connectivity index (χ2n) is 11.5. The molecule has 1 heterocycles. The molecule has 0 N–H and O–H groups in total.